The van der Waals surface area contributed by atoms with Crippen LogP contribution in [0.3, 0.4) is 0 Å². The highest BCUT2D eigenvalue weighted by atomic mass is 32.2. The molecule has 0 saturated carbocycles. The fourth-order valence-corrected chi connectivity index (χ4v) is 2.23. The van der Waals surface area contributed by atoms with E-state index in [9.17, 15) is 8.42 Å². The number of nitrogens with zero attached hydrogens (tertiary/aromatic N) is 1. The van der Waals surface area contributed by atoms with Gasteiger partial charge in [0.2, 0.25) is 10.0 Å². The zero-order valence-corrected chi connectivity index (χ0v) is 8.91. The Balaban J connectivity index is 4.30. The van der Waals surface area contributed by atoms with E-state index in [4.69, 9.17) is 5.73 Å². The minimum absolute atomic E-state index is 0.0120. The maximum Gasteiger partial charge on any atom is 0.220 e. The Kier molecular flexibility index (Phi) is 4.66. The van der Waals surface area contributed by atoms with E-state index in [-0.39, 0.29) is 10.7 Å². The quantitative estimate of drug-likeness (QED) is 0.646. The van der Waals surface area contributed by atoms with Gasteiger partial charge in [-0.1, -0.05) is 19.1 Å². The van der Waals surface area contributed by atoms with Gasteiger partial charge in [-0.25, -0.2) is 12.7 Å². The van der Waals surface area contributed by atoms with Crippen LogP contribution >= 0.6 is 12.2 Å². The van der Waals surface area contributed by atoms with Gasteiger partial charge < -0.3 is 5.73 Å². The monoisotopic (exact) mass is 210 g/mol. The number of thiocarbonyl (C=S) groups is 1. The molecule has 0 fully saturated rings. The second-order valence-electron chi connectivity index (χ2n) is 2.54. The zero-order valence-electron chi connectivity index (χ0n) is 7.28. The highest BCUT2D eigenvalue weighted by Gasteiger charge is 2.17. The van der Waals surface area contributed by atoms with E-state index >= 15 is 0 Å². The highest BCUT2D eigenvalue weighted by Crippen LogP contribution is 1.98. The minimum atomic E-state index is -3.25. The van der Waals surface area contributed by atoms with Crippen molar-refractivity contribution in [3.05, 3.63) is 0 Å². The van der Waals surface area contributed by atoms with Crippen LogP contribution in [-0.2, 0) is 10.0 Å². The van der Waals surface area contributed by atoms with E-state index in [0.29, 0.717) is 6.54 Å². The summed E-state index contributed by atoms with van der Waals surface area (Å²) in [5.41, 5.74) is 5.14. The van der Waals surface area contributed by atoms with Crippen molar-refractivity contribution in [2.45, 2.75) is 13.3 Å². The van der Waals surface area contributed by atoms with E-state index < -0.39 is 10.0 Å². The molecule has 0 saturated heterocycles. The van der Waals surface area contributed by atoms with Crippen LogP contribution in [0.4, 0.5) is 0 Å². The average Bonchev–Trinajstić information content (AvgIpc) is 1.85. The van der Waals surface area contributed by atoms with Gasteiger partial charge in [-0.2, -0.15) is 0 Å². The molecule has 0 aromatic rings. The molecule has 0 unspecified atom stereocenters. The Bertz CT molecular complexity index is 248. The lowest BCUT2D eigenvalue weighted by molar-refractivity contribution is 0.472. The first-order valence-corrected chi connectivity index (χ1v) is 5.64. The Labute approximate surface area is 78.8 Å². The van der Waals surface area contributed by atoms with E-state index in [2.05, 4.69) is 12.2 Å². The molecular formula is C6H14N2O2S2. The van der Waals surface area contributed by atoms with Crippen LogP contribution in [0, 0.1) is 0 Å². The van der Waals surface area contributed by atoms with Crippen LogP contribution < -0.4 is 5.73 Å². The summed E-state index contributed by atoms with van der Waals surface area (Å²) in [6, 6.07) is 0. The fourth-order valence-electron chi connectivity index (χ4n) is 0.744. The molecule has 0 bridgehead atoms. The molecule has 0 aliphatic carbocycles. The van der Waals surface area contributed by atoms with E-state index in [1.807, 2.05) is 6.92 Å². The van der Waals surface area contributed by atoms with Gasteiger partial charge in [0.15, 0.2) is 0 Å². The van der Waals surface area contributed by atoms with Gasteiger partial charge in [-0.15, -0.1) is 0 Å². The lowest BCUT2D eigenvalue weighted by Gasteiger charge is -2.14. The number of hydrogen-bond acceptors (Lipinski definition) is 3. The molecule has 0 aliphatic rings. The SMILES string of the molecule is CCCN(C)S(=O)(=O)CC(N)=S. The van der Waals surface area contributed by atoms with Crippen molar-refractivity contribution < 1.29 is 8.42 Å². The van der Waals surface area contributed by atoms with Crippen LogP contribution in [0.25, 0.3) is 0 Å². The maximum absolute atomic E-state index is 11.3. The molecule has 0 spiro atoms. The molecular weight excluding hydrogens is 196 g/mol. The Morgan fingerprint density at radius 2 is 2.08 bits per heavy atom. The van der Waals surface area contributed by atoms with Crippen molar-refractivity contribution in [3.8, 4) is 0 Å². The molecule has 0 aromatic carbocycles. The van der Waals surface area contributed by atoms with Gasteiger partial charge in [0, 0.05) is 13.6 Å². The summed E-state index contributed by atoms with van der Waals surface area (Å²) < 4.78 is 23.8. The van der Waals surface area contributed by atoms with Gasteiger partial charge in [-0.05, 0) is 6.42 Å². The third-order valence-corrected chi connectivity index (χ3v) is 3.47. The van der Waals surface area contributed by atoms with E-state index in [0.717, 1.165) is 6.42 Å². The molecule has 72 valence electrons. The standard InChI is InChI=1S/C6H14N2O2S2/c1-3-4-8(2)12(9,10)5-6(7)11/h3-5H2,1-2H3,(H2,7,11). The predicted molar refractivity (Wildman–Crippen MR) is 53.5 cm³/mol. The van der Waals surface area contributed by atoms with Crippen molar-refractivity contribution >= 4 is 27.2 Å². The number of hydrogen-bond donors (Lipinski definition) is 1. The first-order chi connectivity index (χ1) is 5.40. The second kappa shape index (κ2) is 4.74. The molecule has 0 amide bonds. The third-order valence-electron chi connectivity index (χ3n) is 1.34. The van der Waals surface area contributed by atoms with Gasteiger partial charge in [0.1, 0.15) is 5.75 Å². The Hall–Kier alpha value is -0.200. The van der Waals surface area contributed by atoms with Crippen LogP contribution in [0.2, 0.25) is 0 Å². The van der Waals surface area contributed by atoms with Gasteiger partial charge >= 0.3 is 0 Å². The normalized spacial score (nSPS) is 11.9. The van der Waals surface area contributed by atoms with Crippen LogP contribution in [-0.4, -0.2) is 37.1 Å². The molecule has 0 aliphatic heterocycles. The van der Waals surface area contributed by atoms with Crippen LogP contribution in [0.15, 0.2) is 0 Å². The number of sulfonamides is 1. The van der Waals surface area contributed by atoms with Gasteiger partial charge in [0.25, 0.3) is 0 Å². The first-order valence-electron chi connectivity index (χ1n) is 3.62. The number of nitrogens with two attached hydrogens (primary N) is 1. The molecule has 0 atom stereocenters. The molecule has 6 heteroatoms. The van der Waals surface area contributed by atoms with Crippen molar-refractivity contribution in [3.63, 3.8) is 0 Å². The maximum atomic E-state index is 11.3. The van der Waals surface area contributed by atoms with Crippen molar-refractivity contribution in [1.29, 1.82) is 0 Å². The topological polar surface area (TPSA) is 63.4 Å². The first kappa shape index (κ1) is 11.8. The zero-order chi connectivity index (χ0) is 9.78. The molecule has 2 N–H and O–H groups in total. The highest BCUT2D eigenvalue weighted by molar-refractivity contribution is 7.92. The smallest absolute Gasteiger partial charge is 0.220 e. The summed E-state index contributed by atoms with van der Waals surface area (Å²) in [7, 11) is -1.73. The summed E-state index contributed by atoms with van der Waals surface area (Å²) in [5.74, 6) is -0.237. The van der Waals surface area contributed by atoms with Crippen LogP contribution in [0.5, 0.6) is 0 Å². The Morgan fingerprint density at radius 3 is 2.42 bits per heavy atom. The molecule has 0 heterocycles. The summed E-state index contributed by atoms with van der Waals surface area (Å²) in [6.07, 6.45) is 0.785. The van der Waals surface area contributed by atoms with Gasteiger partial charge in [0.05, 0.1) is 4.99 Å². The molecule has 4 nitrogen and oxygen atoms in total. The molecule has 0 rings (SSSR count). The summed E-state index contributed by atoms with van der Waals surface area (Å²) in [6.45, 7) is 2.41. The second-order valence-corrected chi connectivity index (χ2v) is 5.14. The van der Waals surface area contributed by atoms with Crippen LogP contribution in [0.1, 0.15) is 13.3 Å². The largest absolute Gasteiger partial charge is 0.392 e. The summed E-state index contributed by atoms with van der Waals surface area (Å²) >= 11 is 4.52. The van der Waals surface area contributed by atoms with Crippen molar-refractivity contribution in [2.24, 2.45) is 5.73 Å². The van der Waals surface area contributed by atoms with Crippen molar-refractivity contribution in [1.82, 2.24) is 4.31 Å². The molecule has 0 aromatic heterocycles. The summed E-state index contributed by atoms with van der Waals surface area (Å²) in [4.78, 5) is 0.0120. The predicted octanol–water partition coefficient (Wildman–Crippen LogP) is -0.0559. The van der Waals surface area contributed by atoms with Crippen molar-refractivity contribution in [2.75, 3.05) is 19.3 Å². The fraction of sp³-hybridized carbons (Fsp3) is 0.833. The molecule has 12 heavy (non-hydrogen) atoms. The lowest BCUT2D eigenvalue weighted by Crippen LogP contribution is -2.34. The number of rotatable bonds is 5. The summed E-state index contributed by atoms with van der Waals surface area (Å²) in [5, 5.41) is 0. The third kappa shape index (κ3) is 3.99. The minimum Gasteiger partial charge on any atom is -0.392 e. The lowest BCUT2D eigenvalue weighted by atomic mass is 10.5. The van der Waals surface area contributed by atoms with Gasteiger partial charge in [-0.3, -0.25) is 0 Å². The molecule has 0 radical (unpaired) electrons. The average molecular weight is 210 g/mol. The Morgan fingerprint density at radius 1 is 1.58 bits per heavy atom. The van der Waals surface area contributed by atoms with E-state index in [1.54, 1.807) is 0 Å². The van der Waals surface area contributed by atoms with E-state index in [1.165, 1.54) is 11.4 Å².